The van der Waals surface area contributed by atoms with E-state index < -0.39 is 11.9 Å². The maximum Gasteiger partial charge on any atom is 0.312 e. The minimum absolute atomic E-state index is 0.448. The highest BCUT2D eigenvalue weighted by Crippen LogP contribution is 2.34. The van der Waals surface area contributed by atoms with E-state index in [0.29, 0.717) is 13.2 Å². The van der Waals surface area contributed by atoms with Crippen molar-refractivity contribution in [3.05, 3.63) is 36.4 Å². The van der Waals surface area contributed by atoms with E-state index in [1.54, 1.807) is 0 Å². The lowest BCUT2D eigenvalue weighted by atomic mass is 10.0. The number of hydrogen-bond donors (Lipinski definition) is 2. The van der Waals surface area contributed by atoms with E-state index in [1.807, 2.05) is 24.3 Å². The van der Waals surface area contributed by atoms with Crippen molar-refractivity contribution >= 4 is 11.7 Å². The van der Waals surface area contributed by atoms with Crippen molar-refractivity contribution in [3.8, 4) is 5.75 Å². The van der Waals surface area contributed by atoms with E-state index in [0.717, 1.165) is 42.9 Å². The van der Waals surface area contributed by atoms with Gasteiger partial charge in [0.1, 0.15) is 11.7 Å². The average Bonchev–Trinajstić information content (AvgIpc) is 2.90. The lowest BCUT2D eigenvalue weighted by molar-refractivity contribution is -0.138. The molecule has 120 valence electrons. The summed E-state index contributed by atoms with van der Waals surface area (Å²) in [5, 5.41) is 12.3. The number of likely N-dealkylation sites (N-methyl/N-ethyl adjacent to an activating group) is 1. The molecule has 1 aromatic carbocycles. The number of nitrogens with one attached hydrogen (secondary N) is 1. The van der Waals surface area contributed by atoms with Crippen molar-refractivity contribution in [2.45, 2.75) is 18.8 Å². The monoisotopic (exact) mass is 304 g/mol. The molecule has 2 N–H and O–H groups in total. The number of hydrogen-bond acceptors (Lipinski definition) is 4. The van der Waals surface area contributed by atoms with Gasteiger partial charge in [0, 0.05) is 18.8 Å². The number of unbranched alkanes of at least 4 members (excludes halogenated alkanes) is 1. The minimum Gasteiger partial charge on any atom is -0.494 e. The fourth-order valence-corrected chi connectivity index (χ4v) is 2.61. The predicted octanol–water partition coefficient (Wildman–Crippen LogP) is 2.56. The molecular weight excluding hydrogens is 280 g/mol. The van der Waals surface area contributed by atoms with Gasteiger partial charge in [0.2, 0.25) is 0 Å². The quantitative estimate of drug-likeness (QED) is 0.542. The first-order valence-electron chi connectivity index (χ1n) is 7.64. The lowest BCUT2D eigenvalue weighted by Gasteiger charge is -2.14. The smallest absolute Gasteiger partial charge is 0.312 e. The fourth-order valence-electron chi connectivity index (χ4n) is 2.61. The van der Waals surface area contributed by atoms with Crippen molar-refractivity contribution in [2.75, 3.05) is 38.6 Å². The van der Waals surface area contributed by atoms with Gasteiger partial charge in [0.15, 0.2) is 0 Å². The molecule has 0 bridgehead atoms. The fraction of sp³-hybridized carbons (Fsp3) is 0.471. The van der Waals surface area contributed by atoms with Crippen molar-refractivity contribution < 1.29 is 14.6 Å². The highest BCUT2D eigenvalue weighted by Gasteiger charge is 2.28. The molecule has 0 amide bonds. The third kappa shape index (κ3) is 4.24. The van der Waals surface area contributed by atoms with Crippen LogP contribution in [0.4, 0.5) is 5.69 Å². The number of carboxylic acid groups (broad SMARTS) is 1. The first kappa shape index (κ1) is 16.4. The number of carbonyl (C=O) groups is 1. The third-order valence-electron chi connectivity index (χ3n) is 3.84. The number of rotatable bonds is 9. The van der Waals surface area contributed by atoms with Gasteiger partial charge in [-0.05, 0) is 50.2 Å². The van der Waals surface area contributed by atoms with E-state index in [-0.39, 0.29) is 0 Å². The van der Waals surface area contributed by atoms with Crippen LogP contribution in [-0.4, -0.2) is 49.3 Å². The molecule has 1 aromatic rings. The minimum atomic E-state index is -0.798. The van der Waals surface area contributed by atoms with E-state index in [2.05, 4.69) is 23.8 Å². The zero-order valence-corrected chi connectivity index (χ0v) is 13.0. The maximum absolute atomic E-state index is 11.2. The summed E-state index contributed by atoms with van der Waals surface area (Å²) >= 11 is 0. The van der Waals surface area contributed by atoms with Crippen LogP contribution in [0.15, 0.2) is 30.9 Å². The second-order valence-electron chi connectivity index (χ2n) is 5.63. The van der Waals surface area contributed by atoms with Crippen LogP contribution in [0.1, 0.15) is 24.3 Å². The summed E-state index contributed by atoms with van der Waals surface area (Å²) in [5.74, 6) is -0.534. The van der Waals surface area contributed by atoms with Gasteiger partial charge in [-0.1, -0.05) is 6.08 Å². The molecule has 0 aromatic heterocycles. The van der Waals surface area contributed by atoms with Crippen molar-refractivity contribution in [1.29, 1.82) is 0 Å². The zero-order valence-electron chi connectivity index (χ0n) is 13.0. The number of anilines is 1. The van der Waals surface area contributed by atoms with Crippen molar-refractivity contribution in [2.24, 2.45) is 0 Å². The molecule has 5 heteroatoms. The second kappa shape index (κ2) is 7.84. The molecule has 0 saturated heterocycles. The van der Waals surface area contributed by atoms with E-state index >= 15 is 0 Å². The molecule has 1 atom stereocenters. The van der Waals surface area contributed by atoms with Crippen LogP contribution >= 0.6 is 0 Å². The molecule has 0 spiro atoms. The maximum atomic E-state index is 11.2. The number of ether oxygens (including phenoxy) is 1. The molecule has 1 unspecified atom stereocenters. The van der Waals surface area contributed by atoms with Gasteiger partial charge in [-0.3, -0.25) is 4.79 Å². The predicted molar refractivity (Wildman–Crippen MR) is 87.7 cm³/mol. The number of fused-ring (bicyclic) bond motifs is 1. The van der Waals surface area contributed by atoms with Gasteiger partial charge in [-0.2, -0.15) is 0 Å². The van der Waals surface area contributed by atoms with Crippen LogP contribution < -0.4 is 10.1 Å². The molecule has 1 heterocycles. The standard InChI is InChI=1S/C17H24N2O3/c1-3-8-19(2)9-4-5-10-22-13-6-7-16-14(11-13)15(12-18-16)17(20)21/h3,6-7,11,15,18H,1,4-5,8-10,12H2,2H3,(H,20,21). The Balaban J connectivity index is 1.79. The van der Waals surface area contributed by atoms with Gasteiger partial charge >= 0.3 is 5.97 Å². The SMILES string of the molecule is C=CCN(C)CCCCOc1ccc2c(c1)C(C(=O)O)CN2. The zero-order chi connectivity index (χ0) is 15.9. The molecule has 5 nitrogen and oxygen atoms in total. The molecule has 22 heavy (non-hydrogen) atoms. The summed E-state index contributed by atoms with van der Waals surface area (Å²) in [5.41, 5.74) is 1.71. The Morgan fingerprint density at radius 1 is 1.55 bits per heavy atom. The Morgan fingerprint density at radius 3 is 3.09 bits per heavy atom. The van der Waals surface area contributed by atoms with Crippen LogP contribution in [0.5, 0.6) is 5.75 Å². The van der Waals surface area contributed by atoms with Gasteiger partial charge in [0.05, 0.1) is 6.61 Å². The largest absolute Gasteiger partial charge is 0.494 e. The average molecular weight is 304 g/mol. The normalized spacial score (nSPS) is 16.2. The van der Waals surface area contributed by atoms with E-state index in [4.69, 9.17) is 4.74 Å². The summed E-state index contributed by atoms with van der Waals surface area (Å²) in [6.07, 6.45) is 3.93. The first-order chi connectivity index (χ1) is 10.6. The molecule has 1 aliphatic heterocycles. The van der Waals surface area contributed by atoms with Gasteiger partial charge in [0.25, 0.3) is 0 Å². The highest BCUT2D eigenvalue weighted by molar-refractivity contribution is 5.82. The summed E-state index contributed by atoms with van der Waals surface area (Å²) in [6.45, 7) is 6.73. The van der Waals surface area contributed by atoms with Crippen LogP contribution in [0, 0.1) is 0 Å². The van der Waals surface area contributed by atoms with Crippen LogP contribution in [0.3, 0.4) is 0 Å². The number of carboxylic acids is 1. The molecule has 1 aliphatic rings. The van der Waals surface area contributed by atoms with E-state index in [9.17, 15) is 9.90 Å². The molecule has 0 fully saturated rings. The summed E-state index contributed by atoms with van der Waals surface area (Å²) in [7, 11) is 2.07. The Labute approximate surface area is 131 Å². The Morgan fingerprint density at radius 2 is 2.36 bits per heavy atom. The summed E-state index contributed by atoms with van der Waals surface area (Å²) in [4.78, 5) is 13.4. The number of nitrogens with zero attached hydrogens (tertiary/aromatic N) is 1. The topological polar surface area (TPSA) is 61.8 Å². The van der Waals surface area contributed by atoms with Gasteiger partial charge < -0.3 is 20.1 Å². The Hall–Kier alpha value is -2.01. The Kier molecular flexibility index (Phi) is 5.83. The van der Waals surface area contributed by atoms with Crippen molar-refractivity contribution in [1.82, 2.24) is 4.90 Å². The van der Waals surface area contributed by atoms with Crippen LogP contribution in [0.25, 0.3) is 0 Å². The number of benzene rings is 1. The summed E-state index contributed by atoms with van der Waals surface area (Å²) in [6, 6.07) is 5.63. The van der Waals surface area contributed by atoms with Crippen molar-refractivity contribution in [3.63, 3.8) is 0 Å². The van der Waals surface area contributed by atoms with E-state index in [1.165, 1.54) is 0 Å². The molecular formula is C17H24N2O3. The number of aliphatic carboxylic acids is 1. The second-order valence-corrected chi connectivity index (χ2v) is 5.63. The first-order valence-corrected chi connectivity index (χ1v) is 7.64. The molecule has 0 radical (unpaired) electrons. The lowest BCUT2D eigenvalue weighted by Crippen LogP contribution is -2.19. The molecule has 2 rings (SSSR count). The molecule has 0 saturated carbocycles. The Bertz CT molecular complexity index is 531. The molecule has 0 aliphatic carbocycles. The van der Waals surface area contributed by atoms with Gasteiger partial charge in [-0.15, -0.1) is 6.58 Å². The van der Waals surface area contributed by atoms with Crippen LogP contribution in [0.2, 0.25) is 0 Å². The van der Waals surface area contributed by atoms with Gasteiger partial charge in [-0.25, -0.2) is 0 Å². The highest BCUT2D eigenvalue weighted by atomic mass is 16.5. The van der Waals surface area contributed by atoms with Crippen LogP contribution in [-0.2, 0) is 4.79 Å². The third-order valence-corrected chi connectivity index (χ3v) is 3.84. The summed E-state index contributed by atoms with van der Waals surface area (Å²) < 4.78 is 5.74.